The Hall–Kier alpha value is -4.39. The molecule has 2 aromatic carbocycles. The maximum absolute atomic E-state index is 13.4. The number of hydrogen-bond acceptors (Lipinski definition) is 5. The average Bonchev–Trinajstić information content (AvgIpc) is 3.09. The number of pyridine rings is 2. The summed E-state index contributed by atoms with van der Waals surface area (Å²) in [5, 5.41) is 0. The van der Waals surface area contributed by atoms with Crippen molar-refractivity contribution in [2.45, 2.75) is 0 Å². The quantitative estimate of drug-likeness (QED) is 0.498. The van der Waals surface area contributed by atoms with Gasteiger partial charge in [0, 0.05) is 12.4 Å². The van der Waals surface area contributed by atoms with Crippen LogP contribution in [0.4, 0.5) is 5.82 Å². The molecule has 0 spiro atoms. The second-order valence-corrected chi connectivity index (χ2v) is 6.64. The molecule has 0 amide bonds. The summed E-state index contributed by atoms with van der Waals surface area (Å²) < 4.78 is 8.98. The molecule has 30 heavy (non-hydrogen) atoms. The largest absolute Gasteiger partial charge is 0.457 e. The number of hydrogen-bond donors (Lipinski definition) is 1. The topological polar surface area (TPSA) is 88.0 Å². The predicted molar refractivity (Wildman–Crippen MR) is 115 cm³/mol. The molecule has 0 saturated heterocycles. The minimum Gasteiger partial charge on any atom is -0.457 e. The molecule has 5 rings (SSSR count). The lowest BCUT2D eigenvalue weighted by Crippen LogP contribution is -2.22. The zero-order chi connectivity index (χ0) is 20.5. The third-order valence-corrected chi connectivity index (χ3v) is 4.76. The van der Waals surface area contributed by atoms with Gasteiger partial charge in [0.1, 0.15) is 22.8 Å². The van der Waals surface area contributed by atoms with Crippen LogP contribution in [-0.4, -0.2) is 19.1 Å². The van der Waals surface area contributed by atoms with Crippen molar-refractivity contribution in [2.75, 3.05) is 5.73 Å². The minimum absolute atomic E-state index is 0.255. The smallest absolute Gasteiger partial charge is 0.338 e. The van der Waals surface area contributed by atoms with Crippen molar-refractivity contribution >= 4 is 16.9 Å². The van der Waals surface area contributed by atoms with E-state index in [-0.39, 0.29) is 11.5 Å². The summed E-state index contributed by atoms with van der Waals surface area (Å²) in [4.78, 5) is 21.7. The Labute approximate surface area is 171 Å². The van der Waals surface area contributed by atoms with Crippen molar-refractivity contribution in [3.05, 3.63) is 102 Å². The molecule has 0 atom stereocenters. The Morgan fingerprint density at radius 3 is 2.27 bits per heavy atom. The normalized spacial score (nSPS) is 10.9. The van der Waals surface area contributed by atoms with Crippen molar-refractivity contribution in [1.82, 2.24) is 19.1 Å². The van der Waals surface area contributed by atoms with Crippen LogP contribution in [0.3, 0.4) is 0 Å². The molecule has 0 aliphatic heterocycles. The lowest BCUT2D eigenvalue weighted by Gasteiger charge is -2.08. The maximum Gasteiger partial charge on any atom is 0.338 e. The first-order valence-corrected chi connectivity index (χ1v) is 9.34. The molecule has 3 heterocycles. The van der Waals surface area contributed by atoms with Crippen molar-refractivity contribution in [1.29, 1.82) is 0 Å². The molecule has 2 N–H and O–H groups in total. The number of nitrogen functional groups attached to an aromatic ring is 1. The Kier molecular flexibility index (Phi) is 4.25. The Morgan fingerprint density at radius 2 is 1.53 bits per heavy atom. The SMILES string of the molecule is Nc1nccc2c1n(-c1ccc(Oc3ccccc3)cc1)c(=O)n2-c1cccnc1. The lowest BCUT2D eigenvalue weighted by atomic mass is 10.2. The number of nitrogens with zero attached hydrogens (tertiary/aromatic N) is 4. The molecule has 5 aromatic rings. The molecule has 146 valence electrons. The van der Waals surface area contributed by atoms with Crippen LogP contribution in [0.25, 0.3) is 22.4 Å². The van der Waals surface area contributed by atoms with Crippen LogP contribution < -0.4 is 16.2 Å². The van der Waals surface area contributed by atoms with E-state index >= 15 is 0 Å². The van der Waals surface area contributed by atoms with Crippen LogP contribution >= 0.6 is 0 Å². The maximum atomic E-state index is 13.4. The van der Waals surface area contributed by atoms with Crippen LogP contribution in [0.15, 0.2) is 96.2 Å². The molecular formula is C23H17N5O2. The van der Waals surface area contributed by atoms with Crippen molar-refractivity contribution in [3.8, 4) is 22.9 Å². The van der Waals surface area contributed by atoms with Gasteiger partial charge >= 0.3 is 5.69 Å². The number of anilines is 1. The van der Waals surface area contributed by atoms with Gasteiger partial charge in [0.15, 0.2) is 0 Å². The number of rotatable bonds is 4. The number of benzene rings is 2. The van der Waals surface area contributed by atoms with E-state index in [4.69, 9.17) is 10.5 Å². The summed E-state index contributed by atoms with van der Waals surface area (Å²) in [6, 6.07) is 22.2. The molecule has 0 aliphatic rings. The number of nitrogens with two attached hydrogens (primary N) is 1. The molecular weight excluding hydrogens is 378 g/mol. The summed E-state index contributed by atoms with van der Waals surface area (Å²) in [7, 11) is 0. The van der Waals surface area contributed by atoms with Crippen molar-refractivity contribution < 1.29 is 4.74 Å². The van der Waals surface area contributed by atoms with Crippen molar-refractivity contribution in [3.63, 3.8) is 0 Å². The van der Waals surface area contributed by atoms with Gasteiger partial charge in [-0.2, -0.15) is 0 Å². The third kappa shape index (κ3) is 2.98. The van der Waals surface area contributed by atoms with E-state index < -0.39 is 0 Å². The van der Waals surface area contributed by atoms with E-state index in [1.54, 1.807) is 39.9 Å². The molecule has 0 saturated carbocycles. The molecule has 3 aromatic heterocycles. The number of imidazole rings is 1. The van der Waals surface area contributed by atoms with E-state index in [1.165, 1.54) is 0 Å². The highest BCUT2D eigenvalue weighted by atomic mass is 16.5. The van der Waals surface area contributed by atoms with Gasteiger partial charge in [0.2, 0.25) is 0 Å². The number of fused-ring (bicyclic) bond motifs is 1. The van der Waals surface area contributed by atoms with Gasteiger partial charge in [-0.3, -0.25) is 14.1 Å². The van der Waals surface area contributed by atoms with Crippen LogP contribution in [0, 0.1) is 0 Å². The Bertz CT molecular complexity index is 1370. The molecule has 7 nitrogen and oxygen atoms in total. The fourth-order valence-electron chi connectivity index (χ4n) is 3.43. The average molecular weight is 395 g/mol. The summed E-state index contributed by atoms with van der Waals surface area (Å²) in [5.74, 6) is 1.68. The number of ether oxygens (including phenoxy) is 1. The van der Waals surface area contributed by atoms with Gasteiger partial charge in [0.05, 0.1) is 23.1 Å². The molecule has 0 fully saturated rings. The number of para-hydroxylation sites is 1. The fourth-order valence-corrected chi connectivity index (χ4v) is 3.43. The lowest BCUT2D eigenvalue weighted by molar-refractivity contribution is 0.482. The van der Waals surface area contributed by atoms with E-state index in [9.17, 15) is 4.79 Å². The molecule has 0 unspecified atom stereocenters. The van der Waals surface area contributed by atoms with E-state index in [2.05, 4.69) is 9.97 Å². The van der Waals surface area contributed by atoms with Gasteiger partial charge in [-0.15, -0.1) is 0 Å². The van der Waals surface area contributed by atoms with E-state index in [0.29, 0.717) is 28.2 Å². The third-order valence-electron chi connectivity index (χ3n) is 4.76. The Morgan fingerprint density at radius 1 is 0.767 bits per heavy atom. The summed E-state index contributed by atoms with van der Waals surface area (Å²) >= 11 is 0. The molecule has 7 heteroatoms. The summed E-state index contributed by atoms with van der Waals surface area (Å²) in [6.45, 7) is 0. The van der Waals surface area contributed by atoms with Crippen LogP contribution in [0.1, 0.15) is 0 Å². The first kappa shape index (κ1) is 17.7. The standard InChI is InChI=1S/C23H17N5O2/c24-22-21-20(12-14-26-22)27(17-5-4-13-25-15-17)23(29)28(21)16-8-10-19(11-9-16)30-18-6-2-1-3-7-18/h1-15H,(H2,24,26). The highest BCUT2D eigenvalue weighted by Gasteiger charge is 2.18. The van der Waals surface area contributed by atoms with Crippen LogP contribution in [0.5, 0.6) is 11.5 Å². The highest BCUT2D eigenvalue weighted by Crippen LogP contribution is 2.26. The second kappa shape index (κ2) is 7.21. The summed E-state index contributed by atoms with van der Waals surface area (Å²) in [6.07, 6.45) is 4.89. The predicted octanol–water partition coefficient (Wildman–Crippen LogP) is 3.95. The first-order valence-electron chi connectivity index (χ1n) is 9.34. The minimum atomic E-state index is -0.255. The van der Waals surface area contributed by atoms with E-state index in [0.717, 1.165) is 5.75 Å². The fraction of sp³-hybridized carbons (Fsp3) is 0. The molecule has 0 radical (unpaired) electrons. The van der Waals surface area contributed by atoms with E-state index in [1.807, 2.05) is 60.7 Å². The molecule has 0 aliphatic carbocycles. The first-order chi connectivity index (χ1) is 14.7. The van der Waals surface area contributed by atoms with Gasteiger partial charge < -0.3 is 10.5 Å². The van der Waals surface area contributed by atoms with Gasteiger partial charge in [-0.1, -0.05) is 18.2 Å². The van der Waals surface area contributed by atoms with Crippen LogP contribution in [0.2, 0.25) is 0 Å². The Balaban J connectivity index is 1.64. The highest BCUT2D eigenvalue weighted by molar-refractivity contribution is 5.88. The summed E-state index contributed by atoms with van der Waals surface area (Å²) in [5.41, 5.74) is 8.42. The zero-order valence-corrected chi connectivity index (χ0v) is 15.8. The van der Waals surface area contributed by atoms with Gasteiger partial charge in [-0.05, 0) is 54.6 Å². The van der Waals surface area contributed by atoms with Gasteiger partial charge in [-0.25, -0.2) is 9.78 Å². The zero-order valence-electron chi connectivity index (χ0n) is 15.8. The van der Waals surface area contributed by atoms with Crippen molar-refractivity contribution in [2.24, 2.45) is 0 Å². The van der Waals surface area contributed by atoms with Gasteiger partial charge in [0.25, 0.3) is 0 Å². The second-order valence-electron chi connectivity index (χ2n) is 6.64. The number of aromatic nitrogens is 4. The van der Waals surface area contributed by atoms with Crippen LogP contribution in [-0.2, 0) is 0 Å². The monoisotopic (exact) mass is 395 g/mol. The molecule has 0 bridgehead atoms.